The molecule has 2 aromatic rings. The summed E-state index contributed by atoms with van der Waals surface area (Å²) in [5, 5.41) is 12.0. The molecule has 1 aliphatic heterocycles. The topological polar surface area (TPSA) is 54.3 Å². The number of fused-ring (bicyclic) bond motifs is 1. The van der Waals surface area contributed by atoms with E-state index >= 15 is 0 Å². The first-order chi connectivity index (χ1) is 12.1. The number of nitrogens with zero attached hydrogens (tertiary/aromatic N) is 1. The summed E-state index contributed by atoms with van der Waals surface area (Å²) in [6.45, 7) is 5.51. The second-order valence-electron chi connectivity index (χ2n) is 6.15. The zero-order chi connectivity index (χ0) is 17.8. The fraction of sp³-hybridized carbons (Fsp3) is 0.350. The second-order valence-corrected chi connectivity index (χ2v) is 6.15. The van der Waals surface area contributed by atoms with Gasteiger partial charge in [-0.1, -0.05) is 6.07 Å². The quantitative estimate of drug-likeness (QED) is 0.871. The SMILES string of the molecule is CCOc1cc2c(cc1CNCc1ccc(C#N)cc1F)OC(C)C2. The Bertz CT molecular complexity index is 814. The Balaban J connectivity index is 1.70. The number of rotatable bonds is 6. The molecule has 4 nitrogen and oxygen atoms in total. The highest BCUT2D eigenvalue weighted by atomic mass is 19.1. The fourth-order valence-corrected chi connectivity index (χ4v) is 3.00. The van der Waals surface area contributed by atoms with Crippen molar-refractivity contribution in [3.05, 3.63) is 58.4 Å². The van der Waals surface area contributed by atoms with Crippen molar-refractivity contribution in [3.8, 4) is 17.6 Å². The monoisotopic (exact) mass is 340 g/mol. The van der Waals surface area contributed by atoms with Gasteiger partial charge >= 0.3 is 0 Å². The lowest BCUT2D eigenvalue weighted by atomic mass is 10.1. The van der Waals surface area contributed by atoms with E-state index in [1.807, 2.05) is 32.0 Å². The van der Waals surface area contributed by atoms with Crippen LogP contribution in [0, 0.1) is 17.1 Å². The Morgan fingerprint density at radius 3 is 2.80 bits per heavy atom. The van der Waals surface area contributed by atoms with Gasteiger partial charge in [0.15, 0.2) is 0 Å². The van der Waals surface area contributed by atoms with Crippen molar-refractivity contribution in [1.29, 1.82) is 5.26 Å². The molecule has 0 aliphatic carbocycles. The first-order valence-electron chi connectivity index (χ1n) is 8.45. The molecule has 0 spiro atoms. The highest BCUT2D eigenvalue weighted by Crippen LogP contribution is 2.35. The number of hydrogen-bond donors (Lipinski definition) is 1. The minimum Gasteiger partial charge on any atom is -0.494 e. The van der Waals surface area contributed by atoms with Crippen LogP contribution >= 0.6 is 0 Å². The predicted octanol–water partition coefficient (Wildman–Crippen LogP) is 3.71. The summed E-state index contributed by atoms with van der Waals surface area (Å²) in [5.41, 5.74) is 3.01. The molecular formula is C20H21FN2O2. The van der Waals surface area contributed by atoms with E-state index in [1.165, 1.54) is 6.07 Å². The smallest absolute Gasteiger partial charge is 0.129 e. The van der Waals surface area contributed by atoms with Gasteiger partial charge in [0, 0.05) is 36.2 Å². The molecule has 25 heavy (non-hydrogen) atoms. The van der Waals surface area contributed by atoms with Gasteiger partial charge in [-0.05, 0) is 38.1 Å². The molecule has 0 amide bonds. The van der Waals surface area contributed by atoms with Crippen molar-refractivity contribution >= 4 is 0 Å². The average Bonchev–Trinajstić information content (AvgIpc) is 2.95. The largest absolute Gasteiger partial charge is 0.494 e. The summed E-state index contributed by atoms with van der Waals surface area (Å²) in [7, 11) is 0. The van der Waals surface area contributed by atoms with Crippen molar-refractivity contribution in [2.24, 2.45) is 0 Å². The molecule has 0 aromatic heterocycles. The van der Waals surface area contributed by atoms with E-state index in [9.17, 15) is 4.39 Å². The third-order valence-electron chi connectivity index (χ3n) is 4.19. The Morgan fingerprint density at radius 1 is 1.28 bits per heavy atom. The van der Waals surface area contributed by atoms with E-state index in [1.54, 1.807) is 12.1 Å². The number of nitrogens with one attached hydrogen (secondary N) is 1. The summed E-state index contributed by atoms with van der Waals surface area (Å²) in [6, 6.07) is 10.5. The molecule has 1 aliphatic rings. The predicted molar refractivity (Wildman–Crippen MR) is 93.1 cm³/mol. The molecule has 5 heteroatoms. The van der Waals surface area contributed by atoms with Crippen molar-refractivity contribution < 1.29 is 13.9 Å². The Kier molecular flexibility index (Phi) is 5.20. The van der Waals surface area contributed by atoms with E-state index in [0.717, 1.165) is 29.0 Å². The maximum atomic E-state index is 14.0. The zero-order valence-electron chi connectivity index (χ0n) is 14.4. The molecule has 0 fully saturated rings. The van der Waals surface area contributed by atoms with Crippen LogP contribution in [0.1, 0.15) is 36.1 Å². The van der Waals surface area contributed by atoms with Crippen LogP contribution in [0.25, 0.3) is 0 Å². The molecule has 3 rings (SSSR count). The van der Waals surface area contributed by atoms with E-state index in [4.69, 9.17) is 14.7 Å². The molecule has 0 radical (unpaired) electrons. The highest BCUT2D eigenvalue weighted by molar-refractivity contribution is 5.48. The average molecular weight is 340 g/mol. The van der Waals surface area contributed by atoms with Gasteiger partial charge < -0.3 is 14.8 Å². The van der Waals surface area contributed by atoms with Gasteiger partial charge in [-0.15, -0.1) is 0 Å². The first kappa shape index (κ1) is 17.2. The van der Waals surface area contributed by atoms with Crippen LogP contribution in [0.4, 0.5) is 4.39 Å². The van der Waals surface area contributed by atoms with Gasteiger partial charge in [0.25, 0.3) is 0 Å². The van der Waals surface area contributed by atoms with E-state index in [-0.39, 0.29) is 11.9 Å². The van der Waals surface area contributed by atoms with Gasteiger partial charge in [-0.25, -0.2) is 4.39 Å². The van der Waals surface area contributed by atoms with Crippen molar-refractivity contribution in [2.45, 2.75) is 39.5 Å². The van der Waals surface area contributed by atoms with Crippen LogP contribution in [0.3, 0.4) is 0 Å². The molecular weight excluding hydrogens is 319 g/mol. The summed E-state index contributed by atoms with van der Waals surface area (Å²) < 4.78 is 25.5. The maximum Gasteiger partial charge on any atom is 0.129 e. The van der Waals surface area contributed by atoms with Crippen LogP contribution in [-0.4, -0.2) is 12.7 Å². The van der Waals surface area contributed by atoms with Crippen LogP contribution in [0.5, 0.6) is 11.5 Å². The normalized spacial score (nSPS) is 15.4. The number of halogens is 1. The van der Waals surface area contributed by atoms with E-state index < -0.39 is 0 Å². The first-order valence-corrected chi connectivity index (χ1v) is 8.45. The second kappa shape index (κ2) is 7.54. The lowest BCUT2D eigenvalue weighted by molar-refractivity contribution is 0.254. The van der Waals surface area contributed by atoms with E-state index in [0.29, 0.717) is 30.8 Å². The van der Waals surface area contributed by atoms with Crippen molar-refractivity contribution in [2.75, 3.05) is 6.61 Å². The van der Waals surface area contributed by atoms with Crippen LogP contribution in [0.15, 0.2) is 30.3 Å². The van der Waals surface area contributed by atoms with Crippen molar-refractivity contribution in [3.63, 3.8) is 0 Å². The van der Waals surface area contributed by atoms with Gasteiger partial charge in [-0.3, -0.25) is 0 Å². The molecule has 1 unspecified atom stereocenters. The summed E-state index contributed by atoms with van der Waals surface area (Å²) in [6.07, 6.45) is 1.07. The van der Waals surface area contributed by atoms with E-state index in [2.05, 4.69) is 5.32 Å². The molecule has 0 saturated carbocycles. The lowest BCUT2D eigenvalue weighted by Gasteiger charge is -2.13. The molecule has 1 heterocycles. The molecule has 1 N–H and O–H groups in total. The van der Waals surface area contributed by atoms with Gasteiger partial charge in [0.2, 0.25) is 0 Å². The number of benzene rings is 2. The number of hydrogen-bond acceptors (Lipinski definition) is 4. The third-order valence-corrected chi connectivity index (χ3v) is 4.19. The van der Waals surface area contributed by atoms with Crippen LogP contribution < -0.4 is 14.8 Å². The molecule has 0 saturated heterocycles. The van der Waals surface area contributed by atoms with Crippen LogP contribution in [-0.2, 0) is 19.5 Å². The molecule has 2 aromatic carbocycles. The van der Waals surface area contributed by atoms with Crippen molar-refractivity contribution in [1.82, 2.24) is 5.32 Å². The summed E-state index contributed by atoms with van der Waals surface area (Å²) in [4.78, 5) is 0. The minimum atomic E-state index is -0.373. The molecule has 130 valence electrons. The summed E-state index contributed by atoms with van der Waals surface area (Å²) >= 11 is 0. The standard InChI is InChI=1S/C20H21FN2O2/c1-3-24-19-8-16-6-13(2)25-20(16)9-17(19)12-23-11-15-5-4-14(10-22)7-18(15)21/h4-5,7-9,13,23H,3,6,11-12H2,1-2H3. The lowest BCUT2D eigenvalue weighted by Crippen LogP contribution is -2.15. The molecule has 0 bridgehead atoms. The highest BCUT2D eigenvalue weighted by Gasteiger charge is 2.21. The van der Waals surface area contributed by atoms with Crippen LogP contribution in [0.2, 0.25) is 0 Å². The van der Waals surface area contributed by atoms with Gasteiger partial charge in [-0.2, -0.15) is 5.26 Å². The Labute approximate surface area is 147 Å². The number of nitriles is 1. The fourth-order valence-electron chi connectivity index (χ4n) is 3.00. The Morgan fingerprint density at radius 2 is 2.08 bits per heavy atom. The maximum absolute atomic E-state index is 14.0. The summed E-state index contributed by atoms with van der Waals surface area (Å²) in [5.74, 6) is 1.37. The van der Waals surface area contributed by atoms with Gasteiger partial charge in [0.05, 0.1) is 18.2 Å². The minimum absolute atomic E-state index is 0.181. The Hall–Kier alpha value is -2.58. The molecule has 1 atom stereocenters. The zero-order valence-corrected chi connectivity index (χ0v) is 14.4. The third kappa shape index (κ3) is 3.92. The van der Waals surface area contributed by atoms with Gasteiger partial charge in [0.1, 0.15) is 23.4 Å². The number of ether oxygens (including phenoxy) is 2.